The van der Waals surface area contributed by atoms with Crippen molar-refractivity contribution in [3.05, 3.63) is 0 Å². The van der Waals surface area contributed by atoms with Gasteiger partial charge < -0.3 is 5.32 Å². The first-order valence-electron chi connectivity index (χ1n) is 5.55. The SMILES string of the molecule is CNC1CCC(C(C)C)CC1S(C)=O. The van der Waals surface area contributed by atoms with Crippen LogP contribution < -0.4 is 5.32 Å². The van der Waals surface area contributed by atoms with Crippen LogP contribution in [0.1, 0.15) is 33.1 Å². The van der Waals surface area contributed by atoms with E-state index in [1.54, 1.807) is 0 Å². The molecule has 1 fully saturated rings. The van der Waals surface area contributed by atoms with Gasteiger partial charge in [-0.1, -0.05) is 13.8 Å². The number of hydrogen-bond donors (Lipinski definition) is 1. The van der Waals surface area contributed by atoms with Gasteiger partial charge in [0.2, 0.25) is 0 Å². The molecule has 14 heavy (non-hydrogen) atoms. The molecule has 1 aliphatic rings. The molecule has 84 valence electrons. The summed E-state index contributed by atoms with van der Waals surface area (Å²) >= 11 is 0. The van der Waals surface area contributed by atoms with Gasteiger partial charge in [-0.05, 0) is 38.1 Å². The fourth-order valence-electron chi connectivity index (χ4n) is 2.46. The van der Waals surface area contributed by atoms with Gasteiger partial charge in [-0.15, -0.1) is 0 Å². The highest BCUT2D eigenvalue weighted by molar-refractivity contribution is 7.85. The molecular formula is C11H23NOS. The standard InChI is InChI=1S/C11H23NOS/c1-8(2)9-5-6-10(12-3)11(7-9)14(4)13/h8-12H,5-7H2,1-4H3. The van der Waals surface area contributed by atoms with E-state index in [0.29, 0.717) is 11.3 Å². The first-order chi connectivity index (χ1) is 6.56. The summed E-state index contributed by atoms with van der Waals surface area (Å²) < 4.78 is 11.6. The van der Waals surface area contributed by atoms with E-state index in [9.17, 15) is 4.21 Å². The first kappa shape index (κ1) is 12.2. The zero-order valence-electron chi connectivity index (χ0n) is 9.75. The van der Waals surface area contributed by atoms with Gasteiger partial charge in [-0.2, -0.15) is 0 Å². The Morgan fingerprint density at radius 2 is 2.00 bits per heavy atom. The number of hydrogen-bond acceptors (Lipinski definition) is 2. The normalized spacial score (nSPS) is 35.9. The molecule has 0 aromatic rings. The van der Waals surface area contributed by atoms with E-state index < -0.39 is 10.8 Å². The molecule has 0 aromatic heterocycles. The molecule has 2 nitrogen and oxygen atoms in total. The van der Waals surface area contributed by atoms with E-state index in [1.165, 1.54) is 12.8 Å². The molecule has 0 spiro atoms. The van der Waals surface area contributed by atoms with Gasteiger partial charge in [0, 0.05) is 23.1 Å². The van der Waals surface area contributed by atoms with Crippen LogP contribution in [-0.4, -0.2) is 28.8 Å². The Morgan fingerprint density at radius 3 is 2.43 bits per heavy atom. The Bertz CT molecular complexity index is 205. The Hall–Kier alpha value is 0.110. The van der Waals surface area contributed by atoms with Gasteiger partial charge in [0.05, 0.1) is 5.25 Å². The quantitative estimate of drug-likeness (QED) is 0.781. The van der Waals surface area contributed by atoms with E-state index in [4.69, 9.17) is 0 Å². The fraction of sp³-hybridized carbons (Fsp3) is 1.00. The summed E-state index contributed by atoms with van der Waals surface area (Å²) in [4.78, 5) is 0. The van der Waals surface area contributed by atoms with E-state index in [-0.39, 0.29) is 0 Å². The molecule has 0 radical (unpaired) electrons. The van der Waals surface area contributed by atoms with Crippen molar-refractivity contribution >= 4 is 10.8 Å². The van der Waals surface area contributed by atoms with Crippen molar-refractivity contribution < 1.29 is 4.21 Å². The van der Waals surface area contributed by atoms with Crippen LogP contribution in [0, 0.1) is 11.8 Å². The van der Waals surface area contributed by atoms with Crippen molar-refractivity contribution in [2.75, 3.05) is 13.3 Å². The Balaban J connectivity index is 2.62. The van der Waals surface area contributed by atoms with Gasteiger partial charge >= 0.3 is 0 Å². The minimum atomic E-state index is -0.682. The minimum absolute atomic E-state index is 0.362. The highest BCUT2D eigenvalue weighted by Gasteiger charge is 2.32. The summed E-state index contributed by atoms with van der Waals surface area (Å²) in [6, 6.07) is 0.468. The van der Waals surface area contributed by atoms with E-state index in [2.05, 4.69) is 19.2 Å². The summed E-state index contributed by atoms with van der Waals surface area (Å²) in [5.74, 6) is 1.51. The molecule has 4 atom stereocenters. The average molecular weight is 217 g/mol. The molecule has 1 N–H and O–H groups in total. The summed E-state index contributed by atoms with van der Waals surface area (Å²) in [6.45, 7) is 4.56. The molecule has 0 aromatic carbocycles. The van der Waals surface area contributed by atoms with Crippen molar-refractivity contribution in [3.63, 3.8) is 0 Å². The van der Waals surface area contributed by atoms with Crippen molar-refractivity contribution in [1.29, 1.82) is 0 Å². The van der Waals surface area contributed by atoms with Gasteiger partial charge in [0.25, 0.3) is 0 Å². The van der Waals surface area contributed by atoms with Crippen LogP contribution >= 0.6 is 0 Å². The lowest BCUT2D eigenvalue weighted by molar-refractivity contribution is 0.249. The van der Waals surface area contributed by atoms with Crippen molar-refractivity contribution in [2.45, 2.75) is 44.4 Å². The predicted molar refractivity (Wildman–Crippen MR) is 62.9 cm³/mol. The van der Waals surface area contributed by atoms with E-state index >= 15 is 0 Å². The lowest BCUT2D eigenvalue weighted by Crippen LogP contribution is -2.45. The molecular weight excluding hydrogens is 194 g/mol. The van der Waals surface area contributed by atoms with Crippen LogP contribution in [0.15, 0.2) is 0 Å². The fourth-order valence-corrected chi connectivity index (χ4v) is 3.72. The van der Waals surface area contributed by atoms with Crippen LogP contribution in [0.4, 0.5) is 0 Å². The van der Waals surface area contributed by atoms with Gasteiger partial charge in [-0.3, -0.25) is 4.21 Å². The van der Waals surface area contributed by atoms with Gasteiger partial charge in [-0.25, -0.2) is 0 Å². The van der Waals surface area contributed by atoms with Crippen LogP contribution in [0.3, 0.4) is 0 Å². The third-order valence-corrected chi connectivity index (χ3v) is 4.95. The summed E-state index contributed by atoms with van der Waals surface area (Å²) in [6.07, 6.45) is 5.45. The first-order valence-corrected chi connectivity index (χ1v) is 7.17. The predicted octanol–water partition coefficient (Wildman–Crippen LogP) is 1.78. The second-order valence-corrected chi connectivity index (χ2v) is 6.35. The molecule has 3 heteroatoms. The maximum Gasteiger partial charge on any atom is 0.0501 e. The van der Waals surface area contributed by atoms with Crippen LogP contribution in [0.25, 0.3) is 0 Å². The second-order valence-electron chi connectivity index (χ2n) is 4.75. The summed E-state index contributed by atoms with van der Waals surface area (Å²) in [5, 5.41) is 3.66. The molecule has 1 rings (SSSR count). The number of rotatable bonds is 3. The highest BCUT2D eigenvalue weighted by atomic mass is 32.2. The maximum atomic E-state index is 11.6. The van der Waals surface area contributed by atoms with E-state index in [0.717, 1.165) is 18.3 Å². The third-order valence-electron chi connectivity index (χ3n) is 3.57. The highest BCUT2D eigenvalue weighted by Crippen LogP contribution is 2.32. The Kier molecular flexibility index (Phi) is 4.58. The molecule has 0 amide bonds. The molecule has 0 heterocycles. The van der Waals surface area contributed by atoms with Crippen LogP contribution in [0.2, 0.25) is 0 Å². The Morgan fingerprint density at radius 1 is 1.36 bits per heavy atom. The lowest BCUT2D eigenvalue weighted by Gasteiger charge is -2.36. The zero-order chi connectivity index (χ0) is 10.7. The second kappa shape index (κ2) is 5.26. The monoisotopic (exact) mass is 217 g/mol. The third kappa shape index (κ3) is 2.80. The molecule has 0 bridgehead atoms. The van der Waals surface area contributed by atoms with Crippen molar-refractivity contribution in [1.82, 2.24) is 5.32 Å². The van der Waals surface area contributed by atoms with Crippen LogP contribution in [0.5, 0.6) is 0 Å². The largest absolute Gasteiger partial charge is 0.316 e. The van der Waals surface area contributed by atoms with Crippen molar-refractivity contribution in [2.24, 2.45) is 11.8 Å². The molecule has 0 aliphatic heterocycles. The number of nitrogens with one attached hydrogen (secondary N) is 1. The lowest BCUT2D eigenvalue weighted by atomic mass is 9.79. The smallest absolute Gasteiger partial charge is 0.0501 e. The Labute approximate surface area is 90.3 Å². The average Bonchev–Trinajstić information content (AvgIpc) is 2.16. The zero-order valence-corrected chi connectivity index (χ0v) is 10.6. The minimum Gasteiger partial charge on any atom is -0.316 e. The van der Waals surface area contributed by atoms with Gasteiger partial charge in [0.15, 0.2) is 0 Å². The van der Waals surface area contributed by atoms with Crippen molar-refractivity contribution in [3.8, 4) is 0 Å². The van der Waals surface area contributed by atoms with Crippen LogP contribution in [-0.2, 0) is 10.8 Å². The molecule has 0 saturated heterocycles. The topological polar surface area (TPSA) is 29.1 Å². The maximum absolute atomic E-state index is 11.6. The van der Waals surface area contributed by atoms with E-state index in [1.807, 2.05) is 13.3 Å². The molecule has 1 saturated carbocycles. The summed E-state index contributed by atoms with van der Waals surface area (Å²) in [7, 11) is 1.30. The van der Waals surface area contributed by atoms with Gasteiger partial charge in [0.1, 0.15) is 0 Å². The summed E-state index contributed by atoms with van der Waals surface area (Å²) in [5.41, 5.74) is 0. The molecule has 4 unspecified atom stereocenters. The molecule has 1 aliphatic carbocycles.